The van der Waals surface area contributed by atoms with E-state index in [1.54, 1.807) is 24.3 Å². The first-order valence-electron chi connectivity index (χ1n) is 10.3. The lowest BCUT2D eigenvalue weighted by atomic mass is 9.99. The van der Waals surface area contributed by atoms with Crippen LogP contribution in [0.4, 0.5) is 0 Å². The molecule has 0 aliphatic carbocycles. The highest BCUT2D eigenvalue weighted by atomic mass is 35.5. The Kier molecular flexibility index (Phi) is 7.41. The fourth-order valence-corrected chi connectivity index (χ4v) is 4.08. The Bertz CT molecular complexity index is 966. The lowest BCUT2D eigenvalue weighted by Crippen LogP contribution is -2.33. The van der Waals surface area contributed by atoms with Crippen molar-refractivity contribution in [3.8, 4) is 5.75 Å². The molecule has 0 spiro atoms. The molecule has 1 saturated heterocycles. The molecule has 0 radical (unpaired) electrons. The van der Waals surface area contributed by atoms with Gasteiger partial charge in [0.15, 0.2) is 0 Å². The van der Waals surface area contributed by atoms with Crippen molar-refractivity contribution in [2.75, 3.05) is 33.3 Å². The third-order valence-electron chi connectivity index (χ3n) is 5.55. The fraction of sp³-hybridized carbons (Fsp3) is 0.391. The third kappa shape index (κ3) is 4.62. The highest BCUT2D eigenvalue weighted by Crippen LogP contribution is 2.40. The third-order valence-corrected chi connectivity index (χ3v) is 5.84. The van der Waals surface area contributed by atoms with Crippen LogP contribution in [0, 0.1) is 0 Å². The van der Waals surface area contributed by atoms with Crippen LogP contribution < -0.4 is 4.74 Å². The summed E-state index contributed by atoms with van der Waals surface area (Å²) in [6.45, 7) is 7.16. The normalized spacial score (nSPS) is 18.2. The molecule has 0 bridgehead atoms. The van der Waals surface area contributed by atoms with Crippen molar-refractivity contribution in [3.63, 3.8) is 0 Å². The lowest BCUT2D eigenvalue weighted by Gasteiger charge is -2.25. The van der Waals surface area contributed by atoms with Crippen LogP contribution in [-0.2, 0) is 9.59 Å². The highest BCUT2D eigenvalue weighted by molar-refractivity contribution is 6.46. The topological polar surface area (TPSA) is 83.2 Å². The minimum absolute atomic E-state index is 0.0102. The molecule has 1 aliphatic rings. The number of carbonyl (C=O) groups excluding carboxylic acids is 2. The minimum Gasteiger partial charge on any atom is -0.507 e. The maximum Gasteiger partial charge on any atom is 0.295 e. The highest BCUT2D eigenvalue weighted by Gasteiger charge is 2.47. The van der Waals surface area contributed by atoms with Crippen LogP contribution in [0.15, 0.2) is 46.6 Å². The number of ether oxygens (including phenoxy) is 1. The van der Waals surface area contributed by atoms with Gasteiger partial charge in [-0.15, -0.1) is 0 Å². The van der Waals surface area contributed by atoms with Gasteiger partial charge in [0.25, 0.3) is 11.7 Å². The number of methoxy groups -OCH3 is 1. The molecule has 8 heteroatoms. The monoisotopic (exact) mass is 446 g/mol. The molecule has 1 atom stereocenters. The number of aliphatic hydroxyl groups is 1. The average Bonchev–Trinajstić information content (AvgIpc) is 3.38. The molecule has 1 aromatic carbocycles. The van der Waals surface area contributed by atoms with Gasteiger partial charge in [-0.2, -0.15) is 0 Å². The first-order valence-corrected chi connectivity index (χ1v) is 10.7. The number of likely N-dealkylation sites (tertiary alicyclic amines) is 1. The number of rotatable bonds is 9. The number of Topliss-reactive ketones (excluding diaryl/α,β-unsaturated/α-hetero) is 1. The van der Waals surface area contributed by atoms with E-state index in [-0.39, 0.29) is 16.4 Å². The van der Waals surface area contributed by atoms with E-state index >= 15 is 0 Å². The van der Waals surface area contributed by atoms with Crippen LogP contribution in [-0.4, -0.2) is 59.9 Å². The van der Waals surface area contributed by atoms with Gasteiger partial charge in [-0.05, 0) is 56.4 Å². The van der Waals surface area contributed by atoms with Crippen molar-refractivity contribution in [2.24, 2.45) is 0 Å². The second-order valence-electron chi connectivity index (χ2n) is 7.24. The SMILES string of the molecule is CCN(CC)CCCN1C(=O)C(=O)C(=C(O)c2ccc(OC)c(Cl)c2)[C@@H]1c1ccco1. The molecule has 166 valence electrons. The Balaban J connectivity index is 1.98. The Morgan fingerprint density at radius 1 is 1.26 bits per heavy atom. The number of ketones is 1. The van der Waals surface area contributed by atoms with E-state index in [2.05, 4.69) is 18.7 Å². The molecule has 7 nitrogen and oxygen atoms in total. The van der Waals surface area contributed by atoms with Crippen molar-refractivity contribution in [1.29, 1.82) is 0 Å². The van der Waals surface area contributed by atoms with E-state index in [1.165, 1.54) is 24.3 Å². The van der Waals surface area contributed by atoms with Crippen molar-refractivity contribution in [3.05, 3.63) is 58.5 Å². The second-order valence-corrected chi connectivity index (χ2v) is 7.64. The van der Waals surface area contributed by atoms with E-state index in [0.717, 1.165) is 19.6 Å². The summed E-state index contributed by atoms with van der Waals surface area (Å²) in [5, 5.41) is 11.3. The number of aliphatic hydroxyl groups excluding tert-OH is 1. The number of hydrogen-bond acceptors (Lipinski definition) is 6. The second kappa shape index (κ2) is 10.0. The zero-order valence-corrected chi connectivity index (χ0v) is 18.7. The maximum atomic E-state index is 12.9. The average molecular weight is 447 g/mol. The van der Waals surface area contributed by atoms with Crippen LogP contribution in [0.3, 0.4) is 0 Å². The van der Waals surface area contributed by atoms with Gasteiger partial charge in [-0.3, -0.25) is 9.59 Å². The zero-order chi connectivity index (χ0) is 22.5. The first kappa shape index (κ1) is 22.9. The molecule has 1 fully saturated rings. The van der Waals surface area contributed by atoms with Crippen molar-refractivity contribution in [2.45, 2.75) is 26.3 Å². The van der Waals surface area contributed by atoms with E-state index in [9.17, 15) is 14.7 Å². The first-order chi connectivity index (χ1) is 14.9. The summed E-state index contributed by atoms with van der Waals surface area (Å²) in [6, 6.07) is 7.28. The fourth-order valence-electron chi connectivity index (χ4n) is 3.83. The number of benzene rings is 1. The van der Waals surface area contributed by atoms with Crippen LogP contribution in [0.1, 0.15) is 37.6 Å². The minimum atomic E-state index is -0.799. The van der Waals surface area contributed by atoms with Crippen molar-refractivity contribution in [1.82, 2.24) is 9.80 Å². The van der Waals surface area contributed by atoms with Gasteiger partial charge in [-0.1, -0.05) is 25.4 Å². The predicted molar refractivity (Wildman–Crippen MR) is 118 cm³/mol. The summed E-state index contributed by atoms with van der Waals surface area (Å²) in [5.41, 5.74) is 0.313. The van der Waals surface area contributed by atoms with E-state index in [4.69, 9.17) is 20.8 Å². The van der Waals surface area contributed by atoms with Gasteiger partial charge < -0.3 is 24.1 Å². The van der Waals surface area contributed by atoms with Gasteiger partial charge in [0.1, 0.15) is 23.3 Å². The Labute approximate surface area is 186 Å². The zero-order valence-electron chi connectivity index (χ0n) is 17.9. The predicted octanol–water partition coefficient (Wildman–Crippen LogP) is 4.10. The molecule has 1 aromatic heterocycles. The van der Waals surface area contributed by atoms with E-state index in [1.807, 2.05) is 0 Å². The summed E-state index contributed by atoms with van der Waals surface area (Å²) in [7, 11) is 1.49. The molecular weight excluding hydrogens is 420 g/mol. The summed E-state index contributed by atoms with van der Waals surface area (Å²) in [4.78, 5) is 29.5. The van der Waals surface area contributed by atoms with Gasteiger partial charge in [0.05, 0.1) is 24.0 Å². The number of amides is 1. The summed E-state index contributed by atoms with van der Waals surface area (Å²) >= 11 is 6.19. The number of furan rings is 1. The summed E-state index contributed by atoms with van der Waals surface area (Å²) < 4.78 is 10.7. The molecule has 1 aliphatic heterocycles. The van der Waals surface area contributed by atoms with Crippen LogP contribution in [0.25, 0.3) is 5.76 Å². The van der Waals surface area contributed by atoms with Gasteiger partial charge >= 0.3 is 0 Å². The van der Waals surface area contributed by atoms with Gasteiger partial charge in [0.2, 0.25) is 0 Å². The number of hydrogen-bond donors (Lipinski definition) is 1. The molecule has 1 amide bonds. The quantitative estimate of drug-likeness (QED) is 0.355. The molecule has 2 heterocycles. The molecule has 1 N–H and O–H groups in total. The smallest absolute Gasteiger partial charge is 0.295 e. The molecule has 0 unspecified atom stereocenters. The molecule has 0 saturated carbocycles. The summed E-state index contributed by atoms with van der Waals surface area (Å²) in [6.07, 6.45) is 2.18. The van der Waals surface area contributed by atoms with Crippen LogP contribution in [0.2, 0.25) is 5.02 Å². The van der Waals surface area contributed by atoms with Crippen molar-refractivity contribution >= 4 is 29.1 Å². The Morgan fingerprint density at radius 2 is 2.00 bits per heavy atom. The molecule has 31 heavy (non-hydrogen) atoms. The lowest BCUT2D eigenvalue weighted by molar-refractivity contribution is -0.140. The van der Waals surface area contributed by atoms with Crippen LogP contribution in [0.5, 0.6) is 5.75 Å². The number of carbonyl (C=O) groups is 2. The van der Waals surface area contributed by atoms with Crippen molar-refractivity contribution < 1.29 is 23.8 Å². The maximum absolute atomic E-state index is 12.9. The number of halogens is 1. The van der Waals surface area contributed by atoms with Crippen LogP contribution >= 0.6 is 11.6 Å². The van der Waals surface area contributed by atoms with Gasteiger partial charge in [0, 0.05) is 12.1 Å². The Morgan fingerprint density at radius 3 is 2.58 bits per heavy atom. The largest absolute Gasteiger partial charge is 0.507 e. The standard InChI is InChI=1S/C23H27ClN2O5/c1-4-25(5-2)11-7-12-26-20(18-8-6-13-31-18)19(22(28)23(26)29)21(27)15-9-10-17(30-3)16(24)14-15/h6,8-10,13-14,20,27H,4-5,7,11-12H2,1-3H3/t20-/m0/s1. The molecule has 3 rings (SSSR count). The van der Waals surface area contributed by atoms with E-state index in [0.29, 0.717) is 30.0 Å². The molecule has 2 aromatic rings. The number of nitrogens with zero attached hydrogens (tertiary/aromatic N) is 2. The van der Waals surface area contributed by atoms with E-state index < -0.39 is 17.7 Å². The Hall–Kier alpha value is -2.77. The molecular formula is C23H27ClN2O5. The van der Waals surface area contributed by atoms with Gasteiger partial charge in [-0.25, -0.2) is 0 Å². The summed E-state index contributed by atoms with van der Waals surface area (Å²) in [5.74, 6) is -0.827.